The summed E-state index contributed by atoms with van der Waals surface area (Å²) in [4.78, 5) is 14.0. The molecule has 0 aliphatic carbocycles. The molecular weight excluding hydrogens is 368 g/mol. The summed E-state index contributed by atoms with van der Waals surface area (Å²) in [5.41, 5.74) is 1.68. The molecule has 0 radical (unpaired) electrons. The fraction of sp³-hybridized carbons (Fsp3) is 0.316. The van der Waals surface area contributed by atoms with E-state index in [0.29, 0.717) is 25.1 Å². The molecule has 0 aromatic heterocycles. The molecule has 0 bridgehead atoms. The molecule has 1 fully saturated rings. The van der Waals surface area contributed by atoms with E-state index < -0.39 is 16.1 Å². The van der Waals surface area contributed by atoms with Gasteiger partial charge in [0.2, 0.25) is 15.9 Å². The number of benzene rings is 2. The Bertz CT molecular complexity index is 895. The fourth-order valence-electron chi connectivity index (χ4n) is 3.06. The van der Waals surface area contributed by atoms with E-state index in [9.17, 15) is 13.2 Å². The zero-order valence-corrected chi connectivity index (χ0v) is 16.4. The van der Waals surface area contributed by atoms with Crippen molar-refractivity contribution in [3.63, 3.8) is 0 Å². The van der Waals surface area contributed by atoms with Crippen LogP contribution in [0.4, 0.5) is 5.69 Å². The highest BCUT2D eigenvalue weighted by atomic mass is 32.2. The van der Waals surface area contributed by atoms with Gasteiger partial charge in [-0.1, -0.05) is 23.8 Å². The van der Waals surface area contributed by atoms with Crippen molar-refractivity contribution < 1.29 is 13.2 Å². The lowest BCUT2D eigenvalue weighted by Gasteiger charge is -2.23. The highest BCUT2D eigenvalue weighted by molar-refractivity contribution is 7.98. The molecule has 5 nitrogen and oxygen atoms in total. The van der Waals surface area contributed by atoms with Crippen LogP contribution in [-0.4, -0.2) is 37.5 Å². The lowest BCUT2D eigenvalue weighted by molar-refractivity contribution is -0.119. The molecule has 1 heterocycles. The molecule has 1 saturated heterocycles. The van der Waals surface area contributed by atoms with Crippen LogP contribution in [0.3, 0.4) is 0 Å². The van der Waals surface area contributed by atoms with Gasteiger partial charge >= 0.3 is 0 Å². The van der Waals surface area contributed by atoms with Crippen molar-refractivity contribution in [3.8, 4) is 0 Å². The number of amides is 1. The third-order valence-electron chi connectivity index (χ3n) is 4.47. The van der Waals surface area contributed by atoms with Crippen molar-refractivity contribution >= 4 is 33.4 Å². The summed E-state index contributed by atoms with van der Waals surface area (Å²) in [5.74, 6) is -0.281. The minimum Gasteiger partial charge on any atom is -0.325 e. The SMILES string of the molecule is CSc1cccc(NC(=O)C2CCCN2S(=O)(=O)c2ccc(C)cc2)c1. The van der Waals surface area contributed by atoms with Gasteiger partial charge in [0.15, 0.2) is 0 Å². The van der Waals surface area contributed by atoms with Gasteiger partial charge in [0.1, 0.15) is 6.04 Å². The molecule has 1 amide bonds. The van der Waals surface area contributed by atoms with Gasteiger partial charge in [-0.15, -0.1) is 11.8 Å². The van der Waals surface area contributed by atoms with Crippen molar-refractivity contribution in [2.75, 3.05) is 18.1 Å². The van der Waals surface area contributed by atoms with Gasteiger partial charge in [0.05, 0.1) is 4.90 Å². The normalized spacial score (nSPS) is 18.0. The number of nitrogens with zero attached hydrogens (tertiary/aromatic N) is 1. The minimum atomic E-state index is -3.69. The van der Waals surface area contributed by atoms with Gasteiger partial charge in [-0.3, -0.25) is 4.79 Å². The van der Waals surface area contributed by atoms with Gasteiger partial charge in [-0.2, -0.15) is 4.31 Å². The number of hydrogen-bond acceptors (Lipinski definition) is 4. The Morgan fingerprint density at radius 3 is 2.62 bits per heavy atom. The number of carbonyl (C=O) groups excluding carboxylic acids is 1. The monoisotopic (exact) mass is 390 g/mol. The number of thioether (sulfide) groups is 1. The number of rotatable bonds is 5. The first-order chi connectivity index (χ1) is 12.4. The first kappa shape index (κ1) is 18.9. The Morgan fingerprint density at radius 1 is 1.19 bits per heavy atom. The highest BCUT2D eigenvalue weighted by Gasteiger charge is 2.39. The zero-order valence-electron chi connectivity index (χ0n) is 14.8. The lowest BCUT2D eigenvalue weighted by Crippen LogP contribution is -2.43. The Morgan fingerprint density at radius 2 is 1.92 bits per heavy atom. The van der Waals surface area contributed by atoms with E-state index in [4.69, 9.17) is 0 Å². The largest absolute Gasteiger partial charge is 0.325 e. The van der Waals surface area contributed by atoms with Crippen molar-refractivity contribution in [1.29, 1.82) is 0 Å². The van der Waals surface area contributed by atoms with Crippen LogP contribution in [0.1, 0.15) is 18.4 Å². The van der Waals surface area contributed by atoms with Crippen LogP contribution in [0.25, 0.3) is 0 Å². The van der Waals surface area contributed by atoms with Crippen LogP contribution >= 0.6 is 11.8 Å². The molecule has 7 heteroatoms. The molecule has 1 atom stereocenters. The van der Waals surface area contributed by atoms with Gasteiger partial charge in [-0.25, -0.2) is 8.42 Å². The van der Waals surface area contributed by atoms with Crippen molar-refractivity contribution in [2.24, 2.45) is 0 Å². The third-order valence-corrected chi connectivity index (χ3v) is 7.12. The molecule has 0 saturated carbocycles. The van der Waals surface area contributed by atoms with Crippen molar-refractivity contribution in [1.82, 2.24) is 4.31 Å². The van der Waals surface area contributed by atoms with E-state index in [1.807, 2.05) is 37.4 Å². The van der Waals surface area contributed by atoms with Crippen molar-refractivity contribution in [3.05, 3.63) is 54.1 Å². The van der Waals surface area contributed by atoms with Gasteiger partial charge in [0, 0.05) is 17.1 Å². The summed E-state index contributed by atoms with van der Waals surface area (Å²) in [5, 5.41) is 2.86. The molecule has 2 aromatic rings. The molecule has 26 heavy (non-hydrogen) atoms. The van der Waals surface area contributed by atoms with Crippen LogP contribution in [0.15, 0.2) is 58.3 Å². The van der Waals surface area contributed by atoms with E-state index in [1.165, 1.54) is 4.31 Å². The maximum atomic E-state index is 13.0. The van der Waals surface area contributed by atoms with Crippen LogP contribution in [0.2, 0.25) is 0 Å². The van der Waals surface area contributed by atoms with Crippen molar-refractivity contribution in [2.45, 2.75) is 35.6 Å². The quantitative estimate of drug-likeness (QED) is 0.794. The zero-order chi connectivity index (χ0) is 18.7. The number of anilines is 1. The van der Waals surface area contributed by atoms with Gasteiger partial charge in [-0.05, 0) is 56.4 Å². The van der Waals surface area contributed by atoms with E-state index in [2.05, 4.69) is 5.32 Å². The Labute approximate surface area is 158 Å². The standard InChI is InChI=1S/C19H22N2O3S2/c1-14-8-10-17(11-9-14)26(23,24)21-12-4-7-18(21)19(22)20-15-5-3-6-16(13-15)25-2/h3,5-6,8-11,13,18H,4,7,12H2,1-2H3,(H,20,22). The van der Waals surface area contributed by atoms with E-state index in [0.717, 1.165) is 10.5 Å². The van der Waals surface area contributed by atoms with E-state index in [1.54, 1.807) is 36.0 Å². The molecule has 1 N–H and O–H groups in total. The Balaban J connectivity index is 1.80. The average Bonchev–Trinajstić information content (AvgIpc) is 3.13. The predicted molar refractivity (Wildman–Crippen MR) is 105 cm³/mol. The van der Waals surface area contributed by atoms with E-state index in [-0.39, 0.29) is 10.8 Å². The number of carbonyl (C=O) groups is 1. The molecule has 1 aliphatic rings. The molecule has 0 spiro atoms. The first-order valence-electron chi connectivity index (χ1n) is 8.45. The molecule has 3 rings (SSSR count). The maximum absolute atomic E-state index is 13.0. The smallest absolute Gasteiger partial charge is 0.243 e. The maximum Gasteiger partial charge on any atom is 0.243 e. The minimum absolute atomic E-state index is 0.229. The number of aryl methyl sites for hydroxylation is 1. The Hall–Kier alpha value is -1.83. The summed E-state index contributed by atoms with van der Waals surface area (Å²) >= 11 is 1.59. The topological polar surface area (TPSA) is 66.5 Å². The molecule has 138 valence electrons. The first-order valence-corrected chi connectivity index (χ1v) is 11.1. The van der Waals surface area contributed by atoms with E-state index >= 15 is 0 Å². The summed E-state index contributed by atoms with van der Waals surface area (Å²) < 4.78 is 27.2. The second-order valence-electron chi connectivity index (χ2n) is 6.31. The Kier molecular flexibility index (Phi) is 5.70. The number of sulfonamides is 1. The predicted octanol–water partition coefficient (Wildman–Crippen LogP) is 3.51. The van der Waals surface area contributed by atoms with Crippen LogP contribution < -0.4 is 5.32 Å². The molecule has 2 aromatic carbocycles. The molecule has 1 aliphatic heterocycles. The summed E-state index contributed by atoms with van der Waals surface area (Å²) in [7, 11) is -3.69. The lowest BCUT2D eigenvalue weighted by atomic mass is 10.2. The average molecular weight is 391 g/mol. The summed E-state index contributed by atoms with van der Waals surface area (Å²) in [6, 6.07) is 13.6. The van der Waals surface area contributed by atoms with Crippen LogP contribution in [0.5, 0.6) is 0 Å². The second-order valence-corrected chi connectivity index (χ2v) is 9.08. The molecular formula is C19H22N2O3S2. The fourth-order valence-corrected chi connectivity index (χ4v) is 5.18. The number of hydrogen-bond donors (Lipinski definition) is 1. The third kappa shape index (κ3) is 3.95. The number of nitrogens with one attached hydrogen (secondary N) is 1. The second kappa shape index (κ2) is 7.82. The summed E-state index contributed by atoms with van der Waals surface area (Å²) in [6.45, 7) is 2.27. The van der Waals surface area contributed by atoms with Crippen LogP contribution in [0, 0.1) is 6.92 Å². The molecule has 1 unspecified atom stereocenters. The van der Waals surface area contributed by atoms with Gasteiger partial charge in [0.25, 0.3) is 0 Å². The van der Waals surface area contributed by atoms with Gasteiger partial charge < -0.3 is 5.32 Å². The highest BCUT2D eigenvalue weighted by Crippen LogP contribution is 2.27. The van der Waals surface area contributed by atoms with Crippen LogP contribution in [-0.2, 0) is 14.8 Å². The summed E-state index contributed by atoms with van der Waals surface area (Å²) in [6.07, 6.45) is 3.17.